The van der Waals surface area contributed by atoms with Gasteiger partial charge in [-0.15, -0.1) is 0 Å². The Bertz CT molecular complexity index is 542. The predicted molar refractivity (Wildman–Crippen MR) is 79.4 cm³/mol. The first-order valence-electron chi connectivity index (χ1n) is 7.18. The maximum Gasteiger partial charge on any atom is 0.311 e. The molecule has 1 N–H and O–H groups in total. The highest BCUT2D eigenvalue weighted by Gasteiger charge is 2.41. The molecule has 21 heavy (non-hydrogen) atoms. The van der Waals surface area contributed by atoms with Gasteiger partial charge in [-0.05, 0) is 37.0 Å². The molecule has 1 unspecified atom stereocenters. The summed E-state index contributed by atoms with van der Waals surface area (Å²) in [4.78, 5) is 29.3. The summed E-state index contributed by atoms with van der Waals surface area (Å²) in [6.07, 6.45) is 8.45. The van der Waals surface area contributed by atoms with Crippen molar-refractivity contribution in [3.8, 4) is 0 Å². The summed E-state index contributed by atoms with van der Waals surface area (Å²) in [5, 5.41) is 9.43. The Labute approximate surface area is 124 Å². The van der Waals surface area contributed by atoms with Crippen molar-refractivity contribution in [2.24, 2.45) is 5.41 Å². The van der Waals surface area contributed by atoms with E-state index in [-0.39, 0.29) is 12.5 Å². The lowest BCUT2D eigenvalue weighted by atomic mass is 9.77. The third kappa shape index (κ3) is 3.48. The molecule has 0 saturated carbocycles. The van der Waals surface area contributed by atoms with Crippen molar-refractivity contribution in [3.05, 3.63) is 36.2 Å². The molecule has 1 fully saturated rings. The van der Waals surface area contributed by atoms with Crippen LogP contribution in [0.25, 0.3) is 6.08 Å². The van der Waals surface area contributed by atoms with E-state index < -0.39 is 11.4 Å². The highest BCUT2D eigenvalue weighted by atomic mass is 16.4. The average molecular weight is 288 g/mol. The number of aliphatic carboxylic acids is 1. The molecule has 1 atom stereocenters. The maximum atomic E-state index is 12.2. The molecule has 2 heterocycles. The topological polar surface area (TPSA) is 70.5 Å². The van der Waals surface area contributed by atoms with Crippen LogP contribution in [0.5, 0.6) is 0 Å². The van der Waals surface area contributed by atoms with Crippen LogP contribution in [0.15, 0.2) is 30.6 Å². The Balaban J connectivity index is 2.06. The molecule has 0 spiro atoms. The molecule has 2 rings (SSSR count). The standard InChI is InChI=1S/C16H20N2O3/c1-2-16(15(20)21)8-4-10-18(12-16)14(19)7-6-13-5-3-9-17-11-13/h3,5-7,9,11H,2,4,8,10,12H2,1H3,(H,20,21). The van der Waals surface area contributed by atoms with Gasteiger partial charge >= 0.3 is 5.97 Å². The van der Waals surface area contributed by atoms with Crippen LogP contribution in [0.1, 0.15) is 31.7 Å². The van der Waals surface area contributed by atoms with Gasteiger partial charge in [-0.2, -0.15) is 0 Å². The van der Waals surface area contributed by atoms with Gasteiger partial charge in [-0.25, -0.2) is 0 Å². The number of carbonyl (C=O) groups excluding carboxylic acids is 1. The Morgan fingerprint density at radius 3 is 2.95 bits per heavy atom. The number of rotatable bonds is 4. The van der Waals surface area contributed by atoms with Crippen LogP contribution in [-0.2, 0) is 9.59 Å². The van der Waals surface area contributed by atoms with E-state index in [9.17, 15) is 14.7 Å². The lowest BCUT2D eigenvalue weighted by Gasteiger charge is -2.39. The van der Waals surface area contributed by atoms with Crippen LogP contribution in [0, 0.1) is 5.41 Å². The molecule has 1 aromatic heterocycles. The fourth-order valence-electron chi connectivity index (χ4n) is 2.68. The number of pyridine rings is 1. The third-order valence-electron chi connectivity index (χ3n) is 4.12. The summed E-state index contributed by atoms with van der Waals surface area (Å²) >= 11 is 0. The zero-order chi connectivity index (χ0) is 15.3. The second-order valence-corrected chi connectivity index (χ2v) is 5.42. The van der Waals surface area contributed by atoms with Crippen molar-refractivity contribution in [2.75, 3.05) is 13.1 Å². The molecular weight excluding hydrogens is 268 g/mol. The van der Waals surface area contributed by atoms with Crippen molar-refractivity contribution in [1.29, 1.82) is 0 Å². The lowest BCUT2D eigenvalue weighted by Crippen LogP contribution is -2.49. The molecule has 5 heteroatoms. The summed E-state index contributed by atoms with van der Waals surface area (Å²) < 4.78 is 0. The van der Waals surface area contributed by atoms with Crippen molar-refractivity contribution in [3.63, 3.8) is 0 Å². The number of carbonyl (C=O) groups is 2. The molecule has 112 valence electrons. The second-order valence-electron chi connectivity index (χ2n) is 5.42. The van der Waals surface area contributed by atoms with Crippen LogP contribution in [0.3, 0.4) is 0 Å². The van der Waals surface area contributed by atoms with E-state index in [1.54, 1.807) is 29.4 Å². The molecule has 5 nitrogen and oxygen atoms in total. The summed E-state index contributed by atoms with van der Waals surface area (Å²) in [5.74, 6) is -0.948. The van der Waals surface area contributed by atoms with E-state index in [4.69, 9.17) is 0 Å². The Morgan fingerprint density at radius 1 is 1.52 bits per heavy atom. The van der Waals surface area contributed by atoms with Crippen LogP contribution in [0.2, 0.25) is 0 Å². The van der Waals surface area contributed by atoms with E-state index in [0.29, 0.717) is 19.4 Å². The van der Waals surface area contributed by atoms with Crippen LogP contribution in [0.4, 0.5) is 0 Å². The molecule has 1 aliphatic rings. The minimum Gasteiger partial charge on any atom is -0.481 e. The van der Waals surface area contributed by atoms with E-state index in [0.717, 1.165) is 12.0 Å². The average Bonchev–Trinajstić information content (AvgIpc) is 2.53. The molecule has 0 bridgehead atoms. The van der Waals surface area contributed by atoms with Gasteiger partial charge in [0.25, 0.3) is 0 Å². The summed E-state index contributed by atoms with van der Waals surface area (Å²) in [6, 6.07) is 3.66. The Kier molecular flexibility index (Phi) is 4.73. The Hall–Kier alpha value is -2.17. The number of carboxylic acid groups (broad SMARTS) is 1. The molecule has 1 aromatic rings. The molecule has 0 radical (unpaired) electrons. The first-order valence-corrected chi connectivity index (χ1v) is 7.18. The number of aromatic nitrogens is 1. The van der Waals surface area contributed by atoms with Gasteiger partial charge < -0.3 is 10.0 Å². The van der Waals surface area contributed by atoms with E-state index in [1.807, 2.05) is 13.0 Å². The first kappa shape index (κ1) is 15.2. The number of hydrogen-bond donors (Lipinski definition) is 1. The molecule has 0 aliphatic carbocycles. The summed E-state index contributed by atoms with van der Waals surface area (Å²) in [7, 11) is 0. The van der Waals surface area contributed by atoms with E-state index >= 15 is 0 Å². The molecule has 0 aromatic carbocycles. The largest absolute Gasteiger partial charge is 0.481 e. The first-order chi connectivity index (χ1) is 10.1. The van der Waals surface area contributed by atoms with Gasteiger partial charge in [0, 0.05) is 31.6 Å². The monoisotopic (exact) mass is 288 g/mol. The molecule has 1 saturated heterocycles. The fourth-order valence-corrected chi connectivity index (χ4v) is 2.68. The minimum atomic E-state index is -0.807. The lowest BCUT2D eigenvalue weighted by molar-refractivity contribution is -0.154. The number of piperidine rings is 1. The quantitative estimate of drug-likeness (QED) is 0.862. The number of amides is 1. The van der Waals surface area contributed by atoms with Gasteiger partial charge in [0.15, 0.2) is 0 Å². The van der Waals surface area contributed by atoms with Crippen molar-refractivity contribution in [2.45, 2.75) is 26.2 Å². The van der Waals surface area contributed by atoms with Gasteiger partial charge in [0.05, 0.1) is 5.41 Å². The van der Waals surface area contributed by atoms with E-state index in [1.165, 1.54) is 6.08 Å². The minimum absolute atomic E-state index is 0.141. The smallest absolute Gasteiger partial charge is 0.311 e. The zero-order valence-electron chi connectivity index (χ0n) is 12.2. The number of hydrogen-bond acceptors (Lipinski definition) is 3. The van der Waals surface area contributed by atoms with Crippen molar-refractivity contribution in [1.82, 2.24) is 9.88 Å². The van der Waals surface area contributed by atoms with E-state index in [2.05, 4.69) is 4.98 Å². The van der Waals surface area contributed by atoms with Gasteiger partial charge in [-0.1, -0.05) is 13.0 Å². The Morgan fingerprint density at radius 2 is 2.33 bits per heavy atom. The molecule has 1 aliphatic heterocycles. The van der Waals surface area contributed by atoms with Gasteiger partial charge in [-0.3, -0.25) is 14.6 Å². The highest BCUT2D eigenvalue weighted by Crippen LogP contribution is 2.33. The SMILES string of the molecule is CCC1(C(=O)O)CCCN(C(=O)C=Cc2cccnc2)C1. The second kappa shape index (κ2) is 6.52. The number of nitrogens with zero attached hydrogens (tertiary/aromatic N) is 2. The molecule has 1 amide bonds. The normalized spacial score (nSPS) is 22.4. The van der Waals surface area contributed by atoms with Crippen LogP contribution < -0.4 is 0 Å². The van der Waals surface area contributed by atoms with Gasteiger partial charge in [0.2, 0.25) is 5.91 Å². The summed E-state index contributed by atoms with van der Waals surface area (Å²) in [6.45, 7) is 2.77. The van der Waals surface area contributed by atoms with Gasteiger partial charge in [0.1, 0.15) is 0 Å². The maximum absolute atomic E-state index is 12.2. The van der Waals surface area contributed by atoms with Crippen molar-refractivity contribution >= 4 is 18.0 Å². The molecular formula is C16H20N2O3. The third-order valence-corrected chi connectivity index (χ3v) is 4.12. The van der Waals surface area contributed by atoms with Crippen molar-refractivity contribution < 1.29 is 14.7 Å². The van der Waals surface area contributed by atoms with Crippen LogP contribution >= 0.6 is 0 Å². The number of carboxylic acids is 1. The number of likely N-dealkylation sites (tertiary alicyclic amines) is 1. The predicted octanol–water partition coefficient (Wildman–Crippen LogP) is 2.20. The summed E-state index contributed by atoms with van der Waals surface area (Å²) in [5.41, 5.74) is 0.0543. The zero-order valence-corrected chi connectivity index (χ0v) is 12.2. The fraction of sp³-hybridized carbons (Fsp3) is 0.438. The van der Waals surface area contributed by atoms with Crippen LogP contribution in [-0.4, -0.2) is 40.0 Å². The highest BCUT2D eigenvalue weighted by molar-refractivity contribution is 5.92.